The fraction of sp³-hybridized carbons (Fsp3) is 0.143. The largest absolute Gasteiger partial charge is 0.378 e. The summed E-state index contributed by atoms with van der Waals surface area (Å²) in [6.07, 6.45) is 3.52. The van der Waals surface area contributed by atoms with Crippen molar-refractivity contribution < 1.29 is 4.79 Å². The number of aromatic nitrogens is 1. The van der Waals surface area contributed by atoms with Gasteiger partial charge in [-0.2, -0.15) is 0 Å². The quantitative estimate of drug-likeness (QED) is 0.281. The molecule has 0 saturated carbocycles. The maximum atomic E-state index is 13.4. The molecular formula is C28H26N2O. The molecule has 154 valence electrons. The van der Waals surface area contributed by atoms with E-state index in [1.807, 2.05) is 75.6 Å². The highest BCUT2D eigenvalue weighted by Crippen LogP contribution is 2.33. The first-order chi connectivity index (χ1) is 14.9. The second kappa shape index (κ2) is 8.57. The molecule has 3 heteroatoms. The molecule has 31 heavy (non-hydrogen) atoms. The molecule has 3 aromatic carbocycles. The van der Waals surface area contributed by atoms with Crippen LogP contribution in [0.2, 0.25) is 0 Å². The molecule has 0 bridgehead atoms. The Hall–Kier alpha value is -3.72. The number of benzene rings is 3. The number of hydrogen-bond acceptors (Lipinski definition) is 3. The summed E-state index contributed by atoms with van der Waals surface area (Å²) in [6.45, 7) is 3.98. The van der Waals surface area contributed by atoms with E-state index in [-0.39, 0.29) is 5.78 Å². The molecular weight excluding hydrogens is 380 g/mol. The number of nitrogens with zero attached hydrogens (tertiary/aromatic N) is 2. The lowest BCUT2D eigenvalue weighted by Crippen LogP contribution is -2.08. The van der Waals surface area contributed by atoms with Gasteiger partial charge in [-0.25, -0.2) is 0 Å². The van der Waals surface area contributed by atoms with Gasteiger partial charge in [0.25, 0.3) is 0 Å². The Bertz CT molecular complexity index is 1270. The van der Waals surface area contributed by atoms with E-state index in [1.165, 1.54) is 5.56 Å². The number of aryl methyl sites for hydroxylation is 2. The Labute approximate surface area is 183 Å². The summed E-state index contributed by atoms with van der Waals surface area (Å²) >= 11 is 0. The van der Waals surface area contributed by atoms with Crippen molar-refractivity contribution in [2.75, 3.05) is 19.0 Å². The van der Waals surface area contributed by atoms with Crippen LogP contribution in [0.15, 0.2) is 78.9 Å². The van der Waals surface area contributed by atoms with Gasteiger partial charge in [0.05, 0.1) is 11.1 Å². The summed E-state index contributed by atoms with van der Waals surface area (Å²) in [4.78, 5) is 20.2. The predicted molar refractivity (Wildman–Crippen MR) is 131 cm³/mol. The number of rotatable bonds is 5. The highest BCUT2D eigenvalue weighted by molar-refractivity contribution is 6.16. The van der Waals surface area contributed by atoms with E-state index in [9.17, 15) is 4.79 Å². The minimum Gasteiger partial charge on any atom is -0.378 e. The molecule has 0 N–H and O–H groups in total. The van der Waals surface area contributed by atoms with Crippen molar-refractivity contribution in [3.8, 4) is 11.1 Å². The van der Waals surface area contributed by atoms with E-state index in [2.05, 4.69) is 36.1 Å². The molecule has 0 saturated heterocycles. The maximum absolute atomic E-state index is 13.4. The van der Waals surface area contributed by atoms with Crippen molar-refractivity contribution in [1.82, 2.24) is 4.98 Å². The van der Waals surface area contributed by atoms with Gasteiger partial charge in [-0.15, -0.1) is 0 Å². The smallest absolute Gasteiger partial charge is 0.188 e. The van der Waals surface area contributed by atoms with Gasteiger partial charge in [0.15, 0.2) is 5.78 Å². The standard InChI is InChI=1S/C28H26N2O/c1-19-9-14-22(15-10-19)28-24-7-5-6-8-25(24)29-20(2)27(28)26(31)18-13-21-11-16-23(17-12-21)30(3)4/h5-18H,1-4H3. The molecule has 0 aliphatic heterocycles. The van der Waals surface area contributed by atoms with Crippen LogP contribution in [0.3, 0.4) is 0 Å². The third kappa shape index (κ3) is 4.26. The van der Waals surface area contributed by atoms with Crippen molar-refractivity contribution in [3.63, 3.8) is 0 Å². The van der Waals surface area contributed by atoms with Gasteiger partial charge < -0.3 is 4.90 Å². The zero-order valence-corrected chi connectivity index (χ0v) is 18.4. The zero-order valence-electron chi connectivity index (χ0n) is 18.4. The lowest BCUT2D eigenvalue weighted by atomic mass is 9.91. The number of hydrogen-bond donors (Lipinski definition) is 0. The van der Waals surface area contributed by atoms with Crippen molar-refractivity contribution in [2.45, 2.75) is 13.8 Å². The summed E-state index contributed by atoms with van der Waals surface area (Å²) in [5.74, 6) is -0.0389. The van der Waals surface area contributed by atoms with Crippen LogP contribution in [0.5, 0.6) is 0 Å². The van der Waals surface area contributed by atoms with Gasteiger partial charge in [-0.1, -0.05) is 66.2 Å². The predicted octanol–water partition coefficient (Wildman–Crippen LogP) is 6.48. The Balaban J connectivity index is 1.80. The van der Waals surface area contributed by atoms with Crippen LogP contribution in [-0.4, -0.2) is 24.9 Å². The average Bonchev–Trinajstić information content (AvgIpc) is 2.77. The highest BCUT2D eigenvalue weighted by Gasteiger charge is 2.18. The number of allylic oxidation sites excluding steroid dienone is 1. The molecule has 0 atom stereocenters. The topological polar surface area (TPSA) is 33.2 Å². The van der Waals surface area contributed by atoms with Crippen molar-refractivity contribution >= 4 is 28.4 Å². The molecule has 0 aliphatic carbocycles. The second-order valence-electron chi connectivity index (χ2n) is 8.01. The van der Waals surface area contributed by atoms with Crippen LogP contribution in [0.4, 0.5) is 5.69 Å². The van der Waals surface area contributed by atoms with Crippen molar-refractivity contribution in [1.29, 1.82) is 0 Å². The van der Waals surface area contributed by atoms with Gasteiger partial charge in [0.1, 0.15) is 0 Å². The van der Waals surface area contributed by atoms with Gasteiger partial charge in [0.2, 0.25) is 0 Å². The van der Waals surface area contributed by atoms with Gasteiger partial charge >= 0.3 is 0 Å². The third-order valence-corrected chi connectivity index (χ3v) is 5.50. The minimum atomic E-state index is -0.0389. The van der Waals surface area contributed by atoms with E-state index in [4.69, 9.17) is 4.98 Å². The lowest BCUT2D eigenvalue weighted by Gasteiger charge is -2.14. The first-order valence-corrected chi connectivity index (χ1v) is 10.4. The summed E-state index contributed by atoms with van der Waals surface area (Å²) in [7, 11) is 4.02. The number of carbonyl (C=O) groups is 1. The van der Waals surface area contributed by atoms with Crippen LogP contribution in [0, 0.1) is 13.8 Å². The normalized spacial score (nSPS) is 11.2. The Morgan fingerprint density at radius 3 is 2.23 bits per heavy atom. The van der Waals surface area contributed by atoms with Gasteiger partial charge in [-0.05, 0) is 49.2 Å². The molecule has 3 nitrogen and oxygen atoms in total. The zero-order chi connectivity index (χ0) is 22.0. The summed E-state index contributed by atoms with van der Waals surface area (Å²) < 4.78 is 0. The summed E-state index contributed by atoms with van der Waals surface area (Å²) in [5, 5.41) is 0.990. The highest BCUT2D eigenvalue weighted by atomic mass is 16.1. The number of anilines is 1. The fourth-order valence-electron chi connectivity index (χ4n) is 3.80. The number of carbonyl (C=O) groups excluding carboxylic acids is 1. The number of pyridine rings is 1. The monoisotopic (exact) mass is 406 g/mol. The third-order valence-electron chi connectivity index (χ3n) is 5.50. The van der Waals surface area contributed by atoms with E-state index >= 15 is 0 Å². The van der Waals surface area contributed by atoms with Crippen LogP contribution in [0.25, 0.3) is 28.1 Å². The van der Waals surface area contributed by atoms with Crippen LogP contribution in [-0.2, 0) is 0 Å². The fourth-order valence-corrected chi connectivity index (χ4v) is 3.80. The molecule has 0 amide bonds. The van der Waals surface area contributed by atoms with Crippen LogP contribution >= 0.6 is 0 Å². The molecule has 4 aromatic rings. The minimum absolute atomic E-state index is 0.0389. The number of ketones is 1. The molecule has 0 fully saturated rings. The number of para-hydroxylation sites is 1. The van der Waals surface area contributed by atoms with E-state index in [1.54, 1.807) is 6.08 Å². The number of fused-ring (bicyclic) bond motifs is 1. The van der Waals surface area contributed by atoms with Crippen molar-refractivity contribution in [2.24, 2.45) is 0 Å². The van der Waals surface area contributed by atoms with E-state index in [0.29, 0.717) is 5.56 Å². The van der Waals surface area contributed by atoms with Crippen LogP contribution < -0.4 is 4.90 Å². The van der Waals surface area contributed by atoms with E-state index in [0.717, 1.165) is 39.0 Å². The lowest BCUT2D eigenvalue weighted by molar-refractivity contribution is 0.104. The van der Waals surface area contributed by atoms with E-state index < -0.39 is 0 Å². The SMILES string of the molecule is Cc1ccc(-c2c(C(=O)C=Cc3ccc(N(C)C)cc3)c(C)nc3ccccc23)cc1. The molecule has 1 heterocycles. The Morgan fingerprint density at radius 2 is 1.55 bits per heavy atom. The average molecular weight is 407 g/mol. The second-order valence-corrected chi connectivity index (χ2v) is 8.01. The maximum Gasteiger partial charge on any atom is 0.188 e. The summed E-state index contributed by atoms with van der Waals surface area (Å²) in [6, 6.07) is 24.5. The van der Waals surface area contributed by atoms with Crippen LogP contribution in [0.1, 0.15) is 27.2 Å². The Morgan fingerprint density at radius 1 is 0.871 bits per heavy atom. The molecule has 0 aliphatic rings. The summed E-state index contributed by atoms with van der Waals surface area (Å²) in [5.41, 5.74) is 7.57. The molecule has 0 unspecified atom stereocenters. The first kappa shape index (κ1) is 20.5. The molecule has 0 spiro atoms. The first-order valence-electron chi connectivity index (χ1n) is 10.4. The molecule has 4 rings (SSSR count). The molecule has 0 radical (unpaired) electrons. The Kier molecular flexibility index (Phi) is 5.68. The van der Waals surface area contributed by atoms with Gasteiger partial charge in [0, 0.05) is 36.4 Å². The van der Waals surface area contributed by atoms with Gasteiger partial charge in [-0.3, -0.25) is 9.78 Å². The van der Waals surface area contributed by atoms with Crippen molar-refractivity contribution in [3.05, 3.63) is 101 Å². The molecule has 1 aromatic heterocycles.